The third-order valence-corrected chi connectivity index (χ3v) is 2.53. The maximum absolute atomic E-state index is 11.2. The van der Waals surface area contributed by atoms with E-state index in [1.54, 1.807) is 6.07 Å². The molecule has 82 valence electrons. The van der Waals surface area contributed by atoms with E-state index in [1.807, 2.05) is 0 Å². The van der Waals surface area contributed by atoms with Crippen molar-refractivity contribution in [1.29, 1.82) is 5.26 Å². The van der Waals surface area contributed by atoms with Gasteiger partial charge in [-0.3, -0.25) is 0 Å². The van der Waals surface area contributed by atoms with Gasteiger partial charge in [-0.15, -0.1) is 10.2 Å². The number of nitrogens with zero attached hydrogens (tertiary/aromatic N) is 4. The van der Waals surface area contributed by atoms with Crippen LogP contribution >= 0.6 is 0 Å². The van der Waals surface area contributed by atoms with Crippen LogP contribution in [0.25, 0.3) is 11.8 Å². The minimum Gasteiger partial charge on any atom is -0.420 e. The monoisotopic (exact) mass is 240 g/mol. The van der Waals surface area contributed by atoms with Crippen molar-refractivity contribution < 1.29 is 17.3 Å². The second-order valence-electron chi connectivity index (χ2n) is 2.78. The molecule has 0 saturated carbocycles. The molecule has 16 heavy (non-hydrogen) atoms. The van der Waals surface area contributed by atoms with Gasteiger partial charge in [-0.05, 0) is 0 Å². The summed E-state index contributed by atoms with van der Waals surface area (Å²) in [6, 6.07) is 1.61. The van der Waals surface area contributed by atoms with E-state index in [0.29, 0.717) is 0 Å². The van der Waals surface area contributed by atoms with Gasteiger partial charge in [-0.1, -0.05) is 0 Å². The van der Waals surface area contributed by atoms with Crippen molar-refractivity contribution in [3.63, 3.8) is 0 Å². The van der Waals surface area contributed by atoms with Crippen molar-refractivity contribution in [2.24, 2.45) is 0 Å². The molecule has 0 unspecified atom stereocenters. The van der Waals surface area contributed by atoms with E-state index in [1.165, 1.54) is 0 Å². The number of aromatic nitrogens is 3. The molecule has 0 aliphatic rings. The quantitative estimate of drug-likeness (QED) is 0.718. The topological polar surface area (TPSA) is 123 Å². The van der Waals surface area contributed by atoms with Gasteiger partial charge in [-0.2, -0.15) is 10.2 Å². The van der Waals surface area contributed by atoms with Crippen LogP contribution < -0.4 is 0 Å². The second kappa shape index (κ2) is 3.42. The Bertz CT molecular complexity index is 649. The summed E-state index contributed by atoms with van der Waals surface area (Å²) in [6.07, 6.45) is 1.94. The molecule has 0 aliphatic carbocycles. The molecule has 2 aromatic heterocycles. The van der Waals surface area contributed by atoms with Gasteiger partial charge in [0.15, 0.2) is 5.69 Å². The van der Waals surface area contributed by atoms with Crippen LogP contribution in [-0.2, 0) is 9.84 Å². The molecule has 0 bridgehead atoms. The van der Waals surface area contributed by atoms with Gasteiger partial charge in [0.25, 0.3) is 11.0 Å². The third kappa shape index (κ3) is 1.66. The largest absolute Gasteiger partial charge is 0.420 e. The Balaban J connectivity index is 2.63. The van der Waals surface area contributed by atoms with E-state index >= 15 is 0 Å². The minimum atomic E-state index is -3.66. The van der Waals surface area contributed by atoms with Gasteiger partial charge < -0.3 is 8.83 Å². The molecule has 9 heteroatoms. The molecule has 0 N–H and O–H groups in total. The van der Waals surface area contributed by atoms with Crippen molar-refractivity contribution in [3.8, 4) is 17.9 Å². The first kappa shape index (κ1) is 10.3. The first-order valence-electron chi connectivity index (χ1n) is 3.90. The van der Waals surface area contributed by atoms with Crippen molar-refractivity contribution in [3.05, 3.63) is 12.1 Å². The van der Waals surface area contributed by atoms with Gasteiger partial charge >= 0.3 is 5.89 Å². The van der Waals surface area contributed by atoms with Crippen LogP contribution in [0.1, 0.15) is 5.69 Å². The molecule has 0 aliphatic heterocycles. The smallest absolute Gasteiger partial charge is 0.304 e. The molecule has 2 aromatic rings. The predicted octanol–water partition coefficient (Wildman–Crippen LogP) is -0.000220. The van der Waals surface area contributed by atoms with Crippen LogP contribution in [0, 0.1) is 11.3 Å². The number of nitriles is 1. The van der Waals surface area contributed by atoms with Crippen molar-refractivity contribution in [2.45, 2.75) is 5.09 Å². The normalized spacial score (nSPS) is 11.2. The molecule has 8 nitrogen and oxygen atoms in total. The number of hydrogen-bond donors (Lipinski definition) is 0. The van der Waals surface area contributed by atoms with Gasteiger partial charge in [0.1, 0.15) is 6.07 Å². The van der Waals surface area contributed by atoms with E-state index in [-0.39, 0.29) is 17.5 Å². The molecule has 0 saturated heterocycles. The molecule has 2 rings (SSSR count). The van der Waals surface area contributed by atoms with Gasteiger partial charge in [0.2, 0.25) is 16.2 Å². The zero-order valence-corrected chi connectivity index (χ0v) is 8.72. The van der Waals surface area contributed by atoms with E-state index in [4.69, 9.17) is 14.1 Å². The molecular weight excluding hydrogens is 236 g/mol. The standard InChI is InChI=1S/C7H4N4O4S/c1-16(12,13)7-4(2-8)10-5(15-7)6-11-9-3-14-6/h3H,1H3. The Kier molecular flexibility index (Phi) is 2.21. The van der Waals surface area contributed by atoms with Crippen LogP contribution in [0.2, 0.25) is 0 Å². The van der Waals surface area contributed by atoms with E-state index < -0.39 is 14.9 Å². The van der Waals surface area contributed by atoms with Crippen LogP contribution in [0.5, 0.6) is 0 Å². The summed E-state index contributed by atoms with van der Waals surface area (Å²) in [4.78, 5) is 3.63. The van der Waals surface area contributed by atoms with Crippen LogP contribution in [0.15, 0.2) is 20.3 Å². The maximum Gasteiger partial charge on any atom is 0.304 e. The second-order valence-corrected chi connectivity index (χ2v) is 4.70. The highest BCUT2D eigenvalue weighted by molar-refractivity contribution is 7.90. The SMILES string of the molecule is CS(=O)(=O)c1oc(-c2nnco2)nc1C#N. The number of hydrogen-bond acceptors (Lipinski definition) is 8. The lowest BCUT2D eigenvalue weighted by molar-refractivity contribution is 0.439. The highest BCUT2D eigenvalue weighted by Gasteiger charge is 2.24. The fourth-order valence-corrected chi connectivity index (χ4v) is 1.66. The fraction of sp³-hybridized carbons (Fsp3) is 0.143. The summed E-state index contributed by atoms with van der Waals surface area (Å²) < 4.78 is 32.1. The summed E-state index contributed by atoms with van der Waals surface area (Å²) >= 11 is 0. The minimum absolute atomic E-state index is 0.0913. The summed E-state index contributed by atoms with van der Waals surface area (Å²) in [6.45, 7) is 0. The van der Waals surface area contributed by atoms with Crippen LogP contribution in [-0.4, -0.2) is 29.9 Å². The zero-order valence-electron chi connectivity index (χ0n) is 7.91. The van der Waals surface area contributed by atoms with Gasteiger partial charge in [0, 0.05) is 6.26 Å². The third-order valence-electron chi connectivity index (χ3n) is 1.58. The highest BCUT2D eigenvalue weighted by Crippen LogP contribution is 2.22. The van der Waals surface area contributed by atoms with E-state index in [9.17, 15) is 8.42 Å². The van der Waals surface area contributed by atoms with Crippen molar-refractivity contribution in [2.75, 3.05) is 6.26 Å². The first-order valence-corrected chi connectivity index (χ1v) is 5.79. The number of rotatable bonds is 2. The average molecular weight is 240 g/mol. The zero-order chi connectivity index (χ0) is 11.8. The Morgan fingerprint density at radius 2 is 2.19 bits per heavy atom. The van der Waals surface area contributed by atoms with E-state index in [0.717, 1.165) is 12.6 Å². The Morgan fingerprint density at radius 3 is 2.62 bits per heavy atom. The molecule has 0 atom stereocenters. The molecule has 2 heterocycles. The molecule has 0 amide bonds. The fourth-order valence-electron chi connectivity index (χ4n) is 0.986. The Labute approximate surface area is 89.5 Å². The highest BCUT2D eigenvalue weighted by atomic mass is 32.2. The lowest BCUT2D eigenvalue weighted by Crippen LogP contribution is -1.97. The van der Waals surface area contributed by atoms with E-state index in [2.05, 4.69) is 15.2 Å². The van der Waals surface area contributed by atoms with Crippen LogP contribution in [0.4, 0.5) is 0 Å². The predicted molar refractivity (Wildman–Crippen MR) is 47.6 cm³/mol. The molecule has 0 aromatic carbocycles. The van der Waals surface area contributed by atoms with Crippen molar-refractivity contribution in [1.82, 2.24) is 15.2 Å². The molecule has 0 radical (unpaired) electrons. The first-order chi connectivity index (χ1) is 7.52. The maximum atomic E-state index is 11.2. The summed E-state index contributed by atoms with van der Waals surface area (Å²) in [7, 11) is -3.66. The average Bonchev–Trinajstić information content (AvgIpc) is 2.85. The summed E-state index contributed by atoms with van der Waals surface area (Å²) in [5.41, 5.74) is -0.337. The lowest BCUT2D eigenvalue weighted by Gasteiger charge is -1.88. The lowest BCUT2D eigenvalue weighted by atomic mass is 10.5. The van der Waals surface area contributed by atoms with Crippen molar-refractivity contribution >= 4 is 9.84 Å². The Morgan fingerprint density at radius 1 is 1.44 bits per heavy atom. The Hall–Kier alpha value is -2.21. The summed E-state index contributed by atoms with van der Waals surface area (Å²) in [5, 5.41) is 15.0. The molecule has 0 fully saturated rings. The molecular formula is C7H4N4O4S. The van der Waals surface area contributed by atoms with Gasteiger partial charge in [-0.25, -0.2) is 8.42 Å². The molecule has 0 spiro atoms. The van der Waals surface area contributed by atoms with Gasteiger partial charge in [0.05, 0.1) is 0 Å². The number of oxazole rings is 1. The summed E-state index contributed by atoms with van der Waals surface area (Å²) in [5.74, 6) is -0.291. The van der Waals surface area contributed by atoms with Crippen LogP contribution in [0.3, 0.4) is 0 Å². The number of sulfone groups is 1.